The van der Waals surface area contributed by atoms with Crippen LogP contribution in [-0.2, 0) is 10.3 Å². The molecular weight excluding hydrogens is 260 g/mol. The third-order valence-electron chi connectivity index (χ3n) is 3.38. The minimum Gasteiger partial charge on any atom is -0.346 e. The van der Waals surface area contributed by atoms with Crippen molar-refractivity contribution in [3.8, 4) is 17.2 Å². The Balaban J connectivity index is 2.29. The molecule has 0 unspecified atom stereocenters. The van der Waals surface area contributed by atoms with Crippen LogP contribution in [0.3, 0.4) is 0 Å². The van der Waals surface area contributed by atoms with E-state index >= 15 is 0 Å². The fourth-order valence-corrected chi connectivity index (χ4v) is 2.25. The van der Waals surface area contributed by atoms with Crippen molar-refractivity contribution in [2.24, 2.45) is 0 Å². The molecule has 21 heavy (non-hydrogen) atoms. The number of carbonyl (C=O) groups excluding carboxylic acids is 1. The molecule has 0 aliphatic rings. The summed E-state index contributed by atoms with van der Waals surface area (Å²) in [4.78, 5) is 11.7. The van der Waals surface area contributed by atoms with E-state index in [9.17, 15) is 4.79 Å². The molecule has 0 spiro atoms. The number of carbonyl (C=O) groups is 1. The number of nitrogens with one attached hydrogen (secondary N) is 1. The molecular formula is C18H18N2O. The van der Waals surface area contributed by atoms with Crippen LogP contribution in [0.1, 0.15) is 25.8 Å². The van der Waals surface area contributed by atoms with Gasteiger partial charge in [-0.3, -0.25) is 4.79 Å². The van der Waals surface area contributed by atoms with Crippen LogP contribution >= 0.6 is 0 Å². The minimum atomic E-state index is -0.515. The summed E-state index contributed by atoms with van der Waals surface area (Å²) in [6.07, 6.45) is -0.123. The molecule has 0 radical (unpaired) electrons. The van der Waals surface area contributed by atoms with Gasteiger partial charge in [-0.2, -0.15) is 5.26 Å². The van der Waals surface area contributed by atoms with Crippen LogP contribution in [0, 0.1) is 11.3 Å². The predicted octanol–water partition coefficient (Wildman–Crippen LogP) is 3.62. The highest BCUT2D eigenvalue weighted by Crippen LogP contribution is 2.26. The van der Waals surface area contributed by atoms with E-state index in [0.29, 0.717) is 0 Å². The Morgan fingerprint density at radius 2 is 1.76 bits per heavy atom. The van der Waals surface area contributed by atoms with Crippen molar-refractivity contribution >= 4 is 5.91 Å². The first-order valence-electron chi connectivity index (χ1n) is 6.87. The molecule has 0 fully saturated rings. The lowest BCUT2D eigenvalue weighted by molar-refractivity contribution is -0.121. The number of benzene rings is 2. The van der Waals surface area contributed by atoms with Crippen LogP contribution in [0.4, 0.5) is 0 Å². The summed E-state index contributed by atoms with van der Waals surface area (Å²) in [7, 11) is 0. The first kappa shape index (κ1) is 14.8. The normalized spacial score (nSPS) is 10.7. The van der Waals surface area contributed by atoms with Gasteiger partial charge in [-0.25, -0.2) is 0 Å². The molecule has 0 saturated carbocycles. The Labute approximate surface area is 125 Å². The Kier molecular flexibility index (Phi) is 4.39. The maximum Gasteiger partial charge on any atom is 0.234 e. The standard InChI is InChI=1S/C18H18N2O/c1-18(2,20-17(21)11-12-19)16-10-6-9-15(13-16)14-7-4-3-5-8-14/h3-10,13H,11H2,1-2H3,(H,20,21). The molecule has 2 rings (SSSR count). The molecule has 3 nitrogen and oxygen atoms in total. The van der Waals surface area contributed by atoms with Gasteiger partial charge < -0.3 is 5.32 Å². The van der Waals surface area contributed by atoms with Gasteiger partial charge in [0.1, 0.15) is 6.42 Å². The van der Waals surface area contributed by atoms with Gasteiger partial charge in [0.2, 0.25) is 5.91 Å². The molecule has 0 heterocycles. The van der Waals surface area contributed by atoms with Crippen LogP contribution in [0.15, 0.2) is 54.6 Å². The predicted molar refractivity (Wildman–Crippen MR) is 83.3 cm³/mol. The SMILES string of the molecule is CC(C)(NC(=O)CC#N)c1cccc(-c2ccccc2)c1. The van der Waals surface area contributed by atoms with E-state index in [-0.39, 0.29) is 12.3 Å². The van der Waals surface area contributed by atoms with Gasteiger partial charge in [0.25, 0.3) is 0 Å². The number of hydrogen-bond donors (Lipinski definition) is 1. The summed E-state index contributed by atoms with van der Waals surface area (Å²) in [6, 6.07) is 20.1. The van der Waals surface area contributed by atoms with Gasteiger partial charge in [-0.1, -0.05) is 48.5 Å². The molecule has 0 saturated heterocycles. The van der Waals surface area contributed by atoms with Gasteiger partial charge in [0, 0.05) is 0 Å². The van der Waals surface area contributed by atoms with Gasteiger partial charge in [-0.15, -0.1) is 0 Å². The van der Waals surface area contributed by atoms with Crippen molar-refractivity contribution in [2.45, 2.75) is 25.8 Å². The smallest absolute Gasteiger partial charge is 0.234 e. The summed E-state index contributed by atoms with van der Waals surface area (Å²) >= 11 is 0. The number of nitriles is 1. The van der Waals surface area contributed by atoms with E-state index in [0.717, 1.165) is 16.7 Å². The second-order valence-electron chi connectivity index (χ2n) is 5.45. The van der Waals surface area contributed by atoms with E-state index in [4.69, 9.17) is 5.26 Å². The van der Waals surface area contributed by atoms with E-state index in [2.05, 4.69) is 23.5 Å². The Hall–Kier alpha value is -2.60. The molecule has 1 N–H and O–H groups in total. The van der Waals surface area contributed by atoms with Crippen LogP contribution in [-0.4, -0.2) is 5.91 Å². The minimum absolute atomic E-state index is 0.123. The number of hydrogen-bond acceptors (Lipinski definition) is 2. The Morgan fingerprint density at radius 1 is 1.10 bits per heavy atom. The monoisotopic (exact) mass is 278 g/mol. The number of rotatable bonds is 4. The maximum absolute atomic E-state index is 11.7. The van der Waals surface area contributed by atoms with Gasteiger partial charge in [0.05, 0.1) is 11.6 Å². The van der Waals surface area contributed by atoms with E-state index < -0.39 is 5.54 Å². The van der Waals surface area contributed by atoms with E-state index in [1.165, 1.54) is 0 Å². The highest BCUT2D eigenvalue weighted by molar-refractivity contribution is 5.79. The van der Waals surface area contributed by atoms with Crippen molar-refractivity contribution in [1.82, 2.24) is 5.32 Å². The molecule has 2 aromatic carbocycles. The molecule has 0 aromatic heterocycles. The zero-order chi connectivity index (χ0) is 15.3. The van der Waals surface area contributed by atoms with Crippen molar-refractivity contribution in [3.05, 3.63) is 60.2 Å². The third-order valence-corrected chi connectivity index (χ3v) is 3.38. The molecule has 0 aliphatic heterocycles. The van der Waals surface area contributed by atoms with Crippen molar-refractivity contribution in [1.29, 1.82) is 5.26 Å². The summed E-state index contributed by atoms with van der Waals surface area (Å²) in [5.41, 5.74) is 2.74. The first-order chi connectivity index (χ1) is 10.0. The number of nitrogens with zero attached hydrogens (tertiary/aromatic N) is 1. The molecule has 0 bridgehead atoms. The van der Waals surface area contributed by atoms with E-state index in [1.54, 1.807) is 0 Å². The summed E-state index contributed by atoms with van der Waals surface area (Å²) in [5, 5.41) is 11.5. The van der Waals surface area contributed by atoms with Gasteiger partial charge >= 0.3 is 0 Å². The van der Waals surface area contributed by atoms with Crippen LogP contribution in [0.2, 0.25) is 0 Å². The average Bonchev–Trinajstić information content (AvgIpc) is 2.48. The quantitative estimate of drug-likeness (QED) is 0.928. The topological polar surface area (TPSA) is 52.9 Å². The lowest BCUT2D eigenvalue weighted by Gasteiger charge is -2.27. The highest BCUT2D eigenvalue weighted by Gasteiger charge is 2.22. The van der Waals surface area contributed by atoms with Crippen molar-refractivity contribution in [2.75, 3.05) is 0 Å². The third kappa shape index (κ3) is 3.70. The zero-order valence-corrected chi connectivity index (χ0v) is 12.3. The fourth-order valence-electron chi connectivity index (χ4n) is 2.25. The van der Waals surface area contributed by atoms with Gasteiger partial charge in [0.15, 0.2) is 0 Å². The summed E-state index contributed by atoms with van der Waals surface area (Å²) < 4.78 is 0. The Morgan fingerprint density at radius 3 is 2.43 bits per heavy atom. The molecule has 0 aliphatic carbocycles. The lowest BCUT2D eigenvalue weighted by atomic mass is 9.91. The lowest BCUT2D eigenvalue weighted by Crippen LogP contribution is -2.40. The average molecular weight is 278 g/mol. The summed E-state index contributed by atoms with van der Waals surface area (Å²) in [5.74, 6) is -0.257. The van der Waals surface area contributed by atoms with Crippen LogP contribution in [0.5, 0.6) is 0 Å². The van der Waals surface area contributed by atoms with Crippen molar-refractivity contribution < 1.29 is 4.79 Å². The van der Waals surface area contributed by atoms with Crippen molar-refractivity contribution in [3.63, 3.8) is 0 Å². The molecule has 3 heteroatoms. The molecule has 1 amide bonds. The molecule has 106 valence electrons. The van der Waals surface area contributed by atoms with E-state index in [1.807, 2.05) is 56.3 Å². The molecule has 0 atom stereocenters. The van der Waals surface area contributed by atoms with Gasteiger partial charge in [-0.05, 0) is 36.6 Å². The number of amides is 1. The zero-order valence-electron chi connectivity index (χ0n) is 12.3. The fraction of sp³-hybridized carbons (Fsp3) is 0.222. The summed E-state index contributed by atoms with van der Waals surface area (Å²) in [6.45, 7) is 3.87. The highest BCUT2D eigenvalue weighted by atomic mass is 16.1. The van der Waals surface area contributed by atoms with Crippen LogP contribution < -0.4 is 5.32 Å². The largest absolute Gasteiger partial charge is 0.346 e. The first-order valence-corrected chi connectivity index (χ1v) is 6.87. The second kappa shape index (κ2) is 6.23. The second-order valence-corrected chi connectivity index (χ2v) is 5.45. The molecule has 2 aromatic rings. The van der Waals surface area contributed by atoms with Crippen LogP contribution in [0.25, 0.3) is 11.1 Å². The maximum atomic E-state index is 11.7. The Bertz CT molecular complexity index is 669.